The molecule has 0 atom stereocenters. The molecule has 31 heavy (non-hydrogen) atoms. The molecule has 1 aromatic carbocycles. The zero-order valence-corrected chi connectivity index (χ0v) is 19.8. The normalized spacial score (nSPS) is 16.3. The van der Waals surface area contributed by atoms with Gasteiger partial charge in [-0.3, -0.25) is 0 Å². The molecular weight excluding hydrogens is 418 g/mol. The lowest BCUT2D eigenvalue weighted by Crippen LogP contribution is -2.55. The van der Waals surface area contributed by atoms with Gasteiger partial charge < -0.3 is 29.5 Å². The molecule has 2 aromatic rings. The molecule has 1 fully saturated rings. The maximum atomic E-state index is 12.8. The molecular formula is C21H31N5O4S. The Bertz CT molecular complexity index is 986. The number of fused-ring (bicyclic) bond motifs is 1. The summed E-state index contributed by atoms with van der Waals surface area (Å²) in [6.07, 6.45) is -0.475. The average molecular weight is 450 g/mol. The molecule has 0 amide bonds. The van der Waals surface area contributed by atoms with Crippen molar-refractivity contribution in [3.8, 4) is 5.75 Å². The van der Waals surface area contributed by atoms with Crippen LogP contribution in [0.2, 0.25) is 0 Å². The molecule has 1 aliphatic heterocycles. The number of carbonyl (C=O) groups excluding carboxylic acids is 1. The number of hydrogen-bond acceptors (Lipinski definition) is 6. The van der Waals surface area contributed by atoms with Crippen molar-refractivity contribution in [2.45, 2.75) is 33.1 Å². The summed E-state index contributed by atoms with van der Waals surface area (Å²) in [6.45, 7) is 10.1. The number of imidazole rings is 1. The number of hydrogen-bond donors (Lipinski definition) is 1. The SMILES string of the molecule is CCOC(=O)n1c(C(C)(C)C)nc2cc(OC)c(NC(=S)N3CC[N+](C)([O-])CC3)cc21. The minimum Gasteiger partial charge on any atom is -0.633 e. The van der Waals surface area contributed by atoms with Crippen LogP contribution in [-0.4, -0.2) is 77.2 Å². The first-order valence-electron chi connectivity index (χ1n) is 10.4. The Morgan fingerprint density at radius 3 is 2.52 bits per heavy atom. The lowest BCUT2D eigenvalue weighted by molar-refractivity contribution is -0.864. The van der Waals surface area contributed by atoms with Crippen LogP contribution in [0.5, 0.6) is 5.75 Å². The second-order valence-electron chi connectivity index (χ2n) is 8.92. The number of quaternary nitrogens is 1. The van der Waals surface area contributed by atoms with Gasteiger partial charge in [-0.05, 0) is 25.2 Å². The largest absolute Gasteiger partial charge is 0.633 e. The molecule has 0 bridgehead atoms. The topological polar surface area (TPSA) is 91.7 Å². The average Bonchev–Trinajstić information content (AvgIpc) is 3.06. The van der Waals surface area contributed by atoms with E-state index < -0.39 is 6.09 Å². The van der Waals surface area contributed by atoms with Gasteiger partial charge in [0.2, 0.25) is 0 Å². The van der Waals surface area contributed by atoms with Gasteiger partial charge in [-0.1, -0.05) is 20.8 Å². The maximum Gasteiger partial charge on any atom is 0.419 e. The van der Waals surface area contributed by atoms with E-state index in [1.54, 1.807) is 33.2 Å². The van der Waals surface area contributed by atoms with Crippen LogP contribution in [0, 0.1) is 5.21 Å². The summed E-state index contributed by atoms with van der Waals surface area (Å²) in [6, 6.07) is 3.59. The first-order chi connectivity index (χ1) is 14.5. The van der Waals surface area contributed by atoms with E-state index in [0.717, 1.165) is 0 Å². The lowest BCUT2D eigenvalue weighted by Gasteiger charge is -2.45. The van der Waals surface area contributed by atoms with Crippen LogP contribution in [0.25, 0.3) is 11.0 Å². The third kappa shape index (κ3) is 4.91. The second kappa shape index (κ2) is 8.60. The molecule has 2 heterocycles. The fourth-order valence-corrected chi connectivity index (χ4v) is 3.82. The fourth-order valence-electron chi connectivity index (χ4n) is 3.53. The van der Waals surface area contributed by atoms with Crippen molar-refractivity contribution in [3.05, 3.63) is 23.2 Å². The molecule has 1 aliphatic rings. The number of hydroxylamine groups is 3. The highest BCUT2D eigenvalue weighted by atomic mass is 32.1. The zero-order chi connectivity index (χ0) is 23.0. The number of rotatable bonds is 3. The van der Waals surface area contributed by atoms with Crippen LogP contribution in [0.3, 0.4) is 0 Å². The van der Waals surface area contributed by atoms with Gasteiger partial charge in [0.15, 0.2) is 5.11 Å². The molecule has 1 N–H and O–H groups in total. The standard InChI is InChI=1S/C21H31N5O4S/c1-7-30-20(27)25-16-12-15(23-19(31)24-8-10-26(5,28)11-9-24)17(29-6)13-14(16)22-18(25)21(2,3)4/h12-13H,7-11H2,1-6H3,(H,23,31). The van der Waals surface area contributed by atoms with E-state index in [0.29, 0.717) is 59.6 Å². The van der Waals surface area contributed by atoms with Gasteiger partial charge >= 0.3 is 6.09 Å². The highest BCUT2D eigenvalue weighted by Crippen LogP contribution is 2.34. The fraction of sp³-hybridized carbons (Fsp3) is 0.571. The van der Waals surface area contributed by atoms with Gasteiger partial charge in [0.05, 0.1) is 63.7 Å². The van der Waals surface area contributed by atoms with Gasteiger partial charge in [0.25, 0.3) is 0 Å². The summed E-state index contributed by atoms with van der Waals surface area (Å²) in [4.78, 5) is 19.4. The van der Waals surface area contributed by atoms with Crippen LogP contribution >= 0.6 is 12.2 Å². The maximum absolute atomic E-state index is 12.8. The number of nitrogens with zero attached hydrogens (tertiary/aromatic N) is 4. The zero-order valence-electron chi connectivity index (χ0n) is 19.0. The van der Waals surface area contributed by atoms with Crippen molar-refractivity contribution in [3.63, 3.8) is 0 Å². The number of carbonyl (C=O) groups is 1. The Kier molecular flexibility index (Phi) is 6.45. The van der Waals surface area contributed by atoms with Crippen molar-refractivity contribution in [2.75, 3.05) is 52.3 Å². The first-order valence-corrected chi connectivity index (χ1v) is 10.8. The Morgan fingerprint density at radius 2 is 1.97 bits per heavy atom. The molecule has 0 spiro atoms. The second-order valence-corrected chi connectivity index (χ2v) is 9.31. The van der Waals surface area contributed by atoms with Crippen molar-refractivity contribution in [1.82, 2.24) is 14.5 Å². The van der Waals surface area contributed by atoms with Crippen LogP contribution in [-0.2, 0) is 10.2 Å². The predicted molar refractivity (Wildman–Crippen MR) is 124 cm³/mol. The van der Waals surface area contributed by atoms with Crippen LogP contribution in [0.1, 0.15) is 33.5 Å². The Balaban J connectivity index is 2.01. The van der Waals surface area contributed by atoms with Crippen molar-refractivity contribution < 1.29 is 18.9 Å². The van der Waals surface area contributed by atoms with Gasteiger partial charge in [0.1, 0.15) is 11.6 Å². The Labute approximate surface area is 188 Å². The van der Waals surface area contributed by atoms with E-state index in [1.807, 2.05) is 25.7 Å². The molecule has 1 saturated heterocycles. The van der Waals surface area contributed by atoms with Crippen LogP contribution in [0.4, 0.5) is 10.5 Å². The van der Waals surface area contributed by atoms with Crippen LogP contribution < -0.4 is 10.1 Å². The molecule has 3 rings (SSSR count). The van der Waals surface area contributed by atoms with Gasteiger partial charge in [0, 0.05) is 11.5 Å². The molecule has 0 aliphatic carbocycles. The number of ether oxygens (including phenoxy) is 2. The van der Waals surface area contributed by atoms with E-state index in [2.05, 4.69) is 5.32 Å². The Hall–Kier alpha value is -2.43. The number of likely N-dealkylation sites (N-methyl/N-ethyl adjacent to an activating group) is 1. The third-order valence-corrected chi connectivity index (χ3v) is 5.67. The van der Waals surface area contributed by atoms with E-state index in [9.17, 15) is 10.0 Å². The highest BCUT2D eigenvalue weighted by Gasteiger charge is 2.28. The number of piperazine rings is 1. The summed E-state index contributed by atoms with van der Waals surface area (Å²) in [5.74, 6) is 1.16. The summed E-state index contributed by atoms with van der Waals surface area (Å²) in [5, 5.41) is 15.8. The minimum absolute atomic E-state index is 0.261. The van der Waals surface area contributed by atoms with Gasteiger partial charge in [-0.25, -0.2) is 14.3 Å². The van der Waals surface area contributed by atoms with Crippen molar-refractivity contribution in [1.29, 1.82) is 0 Å². The smallest absolute Gasteiger partial charge is 0.419 e. The summed E-state index contributed by atoms with van der Waals surface area (Å²) < 4.78 is 12.1. The predicted octanol–water partition coefficient (Wildman–Crippen LogP) is 3.30. The lowest BCUT2D eigenvalue weighted by atomic mass is 9.96. The summed E-state index contributed by atoms with van der Waals surface area (Å²) >= 11 is 5.59. The number of benzene rings is 1. The van der Waals surface area contributed by atoms with Gasteiger partial charge in [-0.15, -0.1) is 0 Å². The highest BCUT2D eigenvalue weighted by molar-refractivity contribution is 7.80. The number of anilines is 1. The molecule has 0 saturated carbocycles. The molecule has 1 aromatic heterocycles. The number of methoxy groups -OCH3 is 1. The van der Waals surface area contributed by atoms with Crippen molar-refractivity contribution in [2.24, 2.45) is 0 Å². The number of aromatic nitrogens is 2. The number of nitrogens with one attached hydrogen (secondary N) is 1. The Morgan fingerprint density at radius 1 is 1.32 bits per heavy atom. The quantitative estimate of drug-likeness (QED) is 0.434. The monoisotopic (exact) mass is 449 g/mol. The molecule has 0 radical (unpaired) electrons. The van der Waals surface area contributed by atoms with E-state index in [-0.39, 0.29) is 16.7 Å². The first kappa shape index (κ1) is 23.2. The summed E-state index contributed by atoms with van der Waals surface area (Å²) in [5.41, 5.74) is 1.48. The van der Waals surface area contributed by atoms with Crippen molar-refractivity contribution >= 4 is 40.1 Å². The third-order valence-electron chi connectivity index (χ3n) is 5.31. The van der Waals surface area contributed by atoms with E-state index >= 15 is 0 Å². The molecule has 170 valence electrons. The summed E-state index contributed by atoms with van der Waals surface area (Å²) in [7, 11) is 3.25. The molecule has 0 unspecified atom stereocenters. The number of thiocarbonyl (C=S) groups is 1. The van der Waals surface area contributed by atoms with Crippen LogP contribution in [0.15, 0.2) is 12.1 Å². The molecule has 9 nitrogen and oxygen atoms in total. The minimum atomic E-state index is -0.475. The van der Waals surface area contributed by atoms with E-state index in [1.165, 1.54) is 4.57 Å². The van der Waals surface area contributed by atoms with Gasteiger partial charge in [-0.2, -0.15) is 0 Å². The van der Waals surface area contributed by atoms with E-state index in [4.69, 9.17) is 26.7 Å². The molecule has 10 heteroatoms.